The molecule has 1 fully saturated rings. The van der Waals surface area contributed by atoms with Crippen LogP contribution in [0.25, 0.3) is 5.65 Å². The Bertz CT molecular complexity index is 736. The Morgan fingerprint density at radius 1 is 1.40 bits per heavy atom. The molecule has 2 amide bonds. The third kappa shape index (κ3) is 1.91. The van der Waals surface area contributed by atoms with Gasteiger partial charge in [0, 0.05) is 12.6 Å². The van der Waals surface area contributed by atoms with E-state index in [0.717, 1.165) is 0 Å². The highest BCUT2D eigenvalue weighted by Crippen LogP contribution is 2.23. The first-order valence-corrected chi connectivity index (χ1v) is 5.98. The number of carboxylic acid groups (broad SMARTS) is 1. The van der Waals surface area contributed by atoms with Crippen LogP contribution in [0.4, 0.5) is 0 Å². The maximum absolute atomic E-state index is 11.8. The topological polar surface area (TPSA) is 114 Å². The summed E-state index contributed by atoms with van der Waals surface area (Å²) in [6.45, 7) is 0. The van der Waals surface area contributed by atoms with E-state index in [1.807, 2.05) is 0 Å². The van der Waals surface area contributed by atoms with E-state index in [1.54, 1.807) is 4.40 Å². The van der Waals surface area contributed by atoms with Gasteiger partial charge in [0.25, 0.3) is 0 Å². The summed E-state index contributed by atoms with van der Waals surface area (Å²) in [5, 5.41) is 19.0. The van der Waals surface area contributed by atoms with Gasteiger partial charge in [-0.15, -0.1) is 10.2 Å². The number of imide groups is 1. The fourth-order valence-electron chi connectivity index (χ4n) is 2.22. The van der Waals surface area contributed by atoms with Crippen molar-refractivity contribution in [1.29, 1.82) is 0 Å². The van der Waals surface area contributed by atoms with E-state index in [0.29, 0.717) is 17.9 Å². The Morgan fingerprint density at radius 3 is 2.90 bits per heavy atom. The van der Waals surface area contributed by atoms with E-state index < -0.39 is 17.8 Å². The molecule has 1 aliphatic heterocycles. The van der Waals surface area contributed by atoms with Crippen molar-refractivity contribution >= 4 is 23.4 Å². The number of rotatable bonds is 2. The van der Waals surface area contributed by atoms with Gasteiger partial charge in [0.2, 0.25) is 11.8 Å². The molecule has 0 aliphatic carbocycles. The highest BCUT2D eigenvalue weighted by atomic mass is 16.4. The number of piperidine rings is 1. The van der Waals surface area contributed by atoms with Crippen LogP contribution < -0.4 is 5.32 Å². The number of pyridine rings is 1. The van der Waals surface area contributed by atoms with Crippen LogP contribution in [0, 0.1) is 0 Å². The summed E-state index contributed by atoms with van der Waals surface area (Å²) in [6.07, 6.45) is 2.13. The van der Waals surface area contributed by atoms with Gasteiger partial charge in [-0.05, 0) is 18.6 Å². The van der Waals surface area contributed by atoms with Crippen LogP contribution in [0.3, 0.4) is 0 Å². The summed E-state index contributed by atoms with van der Waals surface area (Å²) >= 11 is 0. The first-order chi connectivity index (χ1) is 9.56. The lowest BCUT2D eigenvalue weighted by molar-refractivity contribution is -0.134. The molecule has 20 heavy (non-hydrogen) atoms. The molecule has 1 atom stereocenters. The maximum atomic E-state index is 11.8. The van der Waals surface area contributed by atoms with Gasteiger partial charge < -0.3 is 5.11 Å². The molecule has 102 valence electrons. The quantitative estimate of drug-likeness (QED) is 0.742. The number of nitrogens with zero attached hydrogens (tertiary/aromatic N) is 3. The summed E-state index contributed by atoms with van der Waals surface area (Å²) in [6, 6.07) is 2.79. The average molecular weight is 274 g/mol. The zero-order valence-electron chi connectivity index (χ0n) is 10.2. The number of carboxylic acids is 1. The van der Waals surface area contributed by atoms with E-state index in [9.17, 15) is 14.4 Å². The van der Waals surface area contributed by atoms with Crippen molar-refractivity contribution in [1.82, 2.24) is 19.9 Å². The summed E-state index contributed by atoms with van der Waals surface area (Å²) in [5.74, 6) is -1.91. The number of carbonyl (C=O) groups excluding carboxylic acids is 2. The predicted molar refractivity (Wildman–Crippen MR) is 65.1 cm³/mol. The Kier molecular flexibility index (Phi) is 2.70. The minimum Gasteiger partial charge on any atom is -0.478 e. The normalized spacial score (nSPS) is 19.1. The van der Waals surface area contributed by atoms with Gasteiger partial charge in [0.15, 0.2) is 5.65 Å². The summed E-state index contributed by atoms with van der Waals surface area (Å²) in [4.78, 5) is 33.8. The maximum Gasteiger partial charge on any atom is 0.335 e. The zero-order chi connectivity index (χ0) is 14.3. The van der Waals surface area contributed by atoms with Crippen molar-refractivity contribution < 1.29 is 19.5 Å². The smallest absolute Gasteiger partial charge is 0.335 e. The predicted octanol–water partition coefficient (Wildman–Crippen LogP) is -0.0523. The molecule has 2 aromatic heterocycles. The molecular weight excluding hydrogens is 264 g/mol. The summed E-state index contributed by atoms with van der Waals surface area (Å²) in [7, 11) is 0. The second kappa shape index (κ2) is 4.41. The van der Waals surface area contributed by atoms with E-state index in [4.69, 9.17) is 5.11 Å². The third-order valence-corrected chi connectivity index (χ3v) is 3.23. The van der Waals surface area contributed by atoms with E-state index in [1.165, 1.54) is 18.3 Å². The highest BCUT2D eigenvalue weighted by Gasteiger charge is 2.31. The van der Waals surface area contributed by atoms with Crippen molar-refractivity contribution in [3.05, 3.63) is 29.7 Å². The molecule has 1 aliphatic rings. The van der Waals surface area contributed by atoms with E-state index >= 15 is 0 Å². The minimum absolute atomic E-state index is 0.0970. The van der Waals surface area contributed by atoms with Gasteiger partial charge >= 0.3 is 5.97 Å². The number of aromatic carboxylic acids is 1. The first kappa shape index (κ1) is 12.3. The van der Waals surface area contributed by atoms with Crippen LogP contribution in [0.5, 0.6) is 0 Å². The molecular formula is C12H10N4O4. The first-order valence-electron chi connectivity index (χ1n) is 5.98. The fourth-order valence-corrected chi connectivity index (χ4v) is 2.22. The Labute approximate surface area is 112 Å². The van der Waals surface area contributed by atoms with Gasteiger partial charge in [-0.2, -0.15) is 0 Å². The number of hydrogen-bond acceptors (Lipinski definition) is 5. The second-order valence-corrected chi connectivity index (χ2v) is 4.51. The standard InChI is InChI=1S/C12H10N4O4/c17-9-2-1-7(11(18)13-9)10-15-14-8-5-6(12(19)20)3-4-16(8)10/h3-5,7H,1-2H2,(H,19,20)(H,13,17,18). The number of carbonyl (C=O) groups is 3. The molecule has 8 nitrogen and oxygen atoms in total. The van der Waals surface area contributed by atoms with Crippen molar-refractivity contribution in [3.63, 3.8) is 0 Å². The number of fused-ring (bicyclic) bond motifs is 1. The largest absolute Gasteiger partial charge is 0.478 e. The molecule has 0 spiro atoms. The monoisotopic (exact) mass is 274 g/mol. The van der Waals surface area contributed by atoms with Crippen LogP contribution >= 0.6 is 0 Å². The van der Waals surface area contributed by atoms with Crippen LogP contribution in [0.2, 0.25) is 0 Å². The number of nitrogens with one attached hydrogen (secondary N) is 1. The van der Waals surface area contributed by atoms with Gasteiger partial charge in [-0.3, -0.25) is 19.3 Å². The van der Waals surface area contributed by atoms with Crippen LogP contribution in [0.1, 0.15) is 34.9 Å². The SMILES string of the molecule is O=C1CCC(c2nnc3cc(C(=O)O)ccn23)C(=O)N1. The van der Waals surface area contributed by atoms with Crippen molar-refractivity contribution in [2.75, 3.05) is 0 Å². The van der Waals surface area contributed by atoms with E-state index in [-0.39, 0.29) is 17.9 Å². The summed E-state index contributed by atoms with van der Waals surface area (Å²) in [5.41, 5.74) is 0.448. The van der Waals surface area contributed by atoms with Crippen molar-refractivity contribution in [2.45, 2.75) is 18.8 Å². The van der Waals surface area contributed by atoms with Crippen molar-refractivity contribution in [3.8, 4) is 0 Å². The van der Waals surface area contributed by atoms with Gasteiger partial charge in [-0.25, -0.2) is 4.79 Å². The number of hydrogen-bond donors (Lipinski definition) is 2. The number of amides is 2. The molecule has 3 rings (SSSR count). The summed E-state index contributed by atoms with van der Waals surface area (Å²) < 4.78 is 1.56. The number of aromatic nitrogens is 3. The third-order valence-electron chi connectivity index (χ3n) is 3.23. The molecule has 0 aromatic carbocycles. The van der Waals surface area contributed by atoms with Crippen LogP contribution in [0.15, 0.2) is 18.3 Å². The molecule has 8 heteroatoms. The average Bonchev–Trinajstić information content (AvgIpc) is 2.81. The molecule has 0 radical (unpaired) electrons. The Morgan fingerprint density at radius 2 is 2.20 bits per heavy atom. The lowest BCUT2D eigenvalue weighted by atomic mass is 9.97. The molecule has 0 bridgehead atoms. The highest BCUT2D eigenvalue weighted by molar-refractivity contribution is 6.00. The molecule has 0 saturated carbocycles. The van der Waals surface area contributed by atoms with Crippen LogP contribution in [-0.4, -0.2) is 37.5 Å². The molecule has 3 heterocycles. The van der Waals surface area contributed by atoms with E-state index in [2.05, 4.69) is 15.5 Å². The Hall–Kier alpha value is -2.77. The van der Waals surface area contributed by atoms with Gasteiger partial charge in [0.1, 0.15) is 5.82 Å². The lowest BCUT2D eigenvalue weighted by Crippen LogP contribution is -2.40. The fraction of sp³-hybridized carbons (Fsp3) is 0.250. The van der Waals surface area contributed by atoms with Gasteiger partial charge in [0.05, 0.1) is 11.5 Å². The molecule has 2 aromatic rings. The lowest BCUT2D eigenvalue weighted by Gasteiger charge is -2.19. The molecule has 1 saturated heterocycles. The molecule has 1 unspecified atom stereocenters. The second-order valence-electron chi connectivity index (χ2n) is 4.51. The van der Waals surface area contributed by atoms with Crippen LogP contribution in [-0.2, 0) is 9.59 Å². The zero-order valence-corrected chi connectivity index (χ0v) is 10.2. The van der Waals surface area contributed by atoms with Gasteiger partial charge in [-0.1, -0.05) is 0 Å². The Balaban J connectivity index is 2.02. The minimum atomic E-state index is -1.06. The van der Waals surface area contributed by atoms with Crippen molar-refractivity contribution in [2.24, 2.45) is 0 Å². The molecule has 2 N–H and O–H groups in total.